The van der Waals surface area contributed by atoms with Gasteiger partial charge in [0.2, 0.25) is 0 Å². The van der Waals surface area contributed by atoms with Gasteiger partial charge in [-0.3, -0.25) is 4.79 Å². The van der Waals surface area contributed by atoms with Crippen molar-refractivity contribution in [3.63, 3.8) is 0 Å². The Balaban J connectivity index is 1.40. The topological polar surface area (TPSA) is 160 Å². The largest absolute Gasteiger partial charge is 0.493 e. The van der Waals surface area contributed by atoms with E-state index in [1.165, 1.54) is 13.3 Å². The molecular weight excluding hydrogens is 602 g/mol. The maximum absolute atomic E-state index is 12.6. The molecule has 13 heteroatoms. The first-order valence-corrected chi connectivity index (χ1v) is 14.1. The van der Waals surface area contributed by atoms with E-state index in [0.29, 0.717) is 33.2 Å². The number of hydrogen-bond acceptors (Lipinski definition) is 9. The Morgan fingerprint density at radius 1 is 1.09 bits per heavy atom. The van der Waals surface area contributed by atoms with Crippen LogP contribution in [0.5, 0.6) is 17.2 Å². The van der Waals surface area contributed by atoms with E-state index in [0.717, 1.165) is 5.56 Å². The molecule has 45 heavy (non-hydrogen) atoms. The van der Waals surface area contributed by atoms with Crippen LogP contribution in [-0.2, 0) is 20.9 Å². The Hall–Kier alpha value is -5.54. The summed E-state index contributed by atoms with van der Waals surface area (Å²) in [5, 5.41) is 19.1. The lowest BCUT2D eigenvalue weighted by molar-refractivity contribution is -0.139. The fourth-order valence-electron chi connectivity index (χ4n) is 4.42. The number of halogens is 1. The molecule has 0 bridgehead atoms. The molecule has 0 spiro atoms. The van der Waals surface area contributed by atoms with Gasteiger partial charge in [0.25, 0.3) is 5.91 Å². The minimum absolute atomic E-state index is 0.150. The van der Waals surface area contributed by atoms with E-state index in [1.54, 1.807) is 68.4 Å². The quantitative estimate of drug-likeness (QED) is 0.149. The summed E-state index contributed by atoms with van der Waals surface area (Å²) in [4.78, 5) is 37.3. The van der Waals surface area contributed by atoms with Gasteiger partial charge in [-0.05, 0) is 55.8 Å². The molecule has 0 saturated heterocycles. The average Bonchev–Trinajstić information content (AvgIpc) is 3.03. The third-order valence-corrected chi connectivity index (χ3v) is 6.77. The van der Waals surface area contributed by atoms with Gasteiger partial charge in [0.15, 0.2) is 18.1 Å². The van der Waals surface area contributed by atoms with E-state index >= 15 is 0 Å². The molecule has 3 aromatic carbocycles. The number of nitrogens with one attached hydrogen (secondary N) is 3. The molecule has 3 aromatic rings. The zero-order valence-corrected chi connectivity index (χ0v) is 25.4. The first kappa shape index (κ1) is 32.4. The molecule has 0 aromatic heterocycles. The van der Waals surface area contributed by atoms with Gasteiger partial charge in [0, 0.05) is 21.8 Å². The number of allylic oxidation sites excluding steroid dienone is 1. The number of esters is 1. The SMILES string of the molecule is CCOC(=O)C1=C(C)NC(=O)N[C@H]1c1ccc(OCC(=O)N/N=C/c2cc(Cl)ccc2OCc2ccccc2C#N)c(OC)c1. The number of nitriles is 1. The summed E-state index contributed by atoms with van der Waals surface area (Å²) in [5.41, 5.74) is 5.30. The maximum Gasteiger partial charge on any atom is 0.338 e. The normalized spacial score (nSPS) is 14.2. The Morgan fingerprint density at radius 3 is 2.62 bits per heavy atom. The van der Waals surface area contributed by atoms with Crippen molar-refractivity contribution in [2.75, 3.05) is 20.3 Å². The lowest BCUT2D eigenvalue weighted by Gasteiger charge is -2.28. The molecule has 1 aliphatic heterocycles. The highest BCUT2D eigenvalue weighted by molar-refractivity contribution is 6.30. The predicted octanol–water partition coefficient (Wildman–Crippen LogP) is 4.52. The zero-order chi connectivity index (χ0) is 32.3. The van der Waals surface area contributed by atoms with Gasteiger partial charge >= 0.3 is 12.0 Å². The van der Waals surface area contributed by atoms with Crippen LogP contribution < -0.4 is 30.3 Å². The molecule has 1 aliphatic rings. The summed E-state index contributed by atoms with van der Waals surface area (Å²) in [7, 11) is 1.42. The molecule has 0 radical (unpaired) electrons. The number of benzene rings is 3. The van der Waals surface area contributed by atoms with Gasteiger partial charge in [-0.15, -0.1) is 0 Å². The summed E-state index contributed by atoms with van der Waals surface area (Å²) in [6.07, 6.45) is 1.38. The minimum Gasteiger partial charge on any atom is -0.493 e. The number of carbonyl (C=O) groups excluding carboxylic acids is 3. The number of urea groups is 1. The fraction of sp³-hybridized carbons (Fsp3) is 0.219. The first-order valence-electron chi connectivity index (χ1n) is 13.7. The molecule has 232 valence electrons. The number of nitrogens with zero attached hydrogens (tertiary/aromatic N) is 2. The molecule has 0 saturated carbocycles. The molecule has 4 rings (SSSR count). The third-order valence-electron chi connectivity index (χ3n) is 6.53. The second-order valence-corrected chi connectivity index (χ2v) is 9.96. The highest BCUT2D eigenvalue weighted by Gasteiger charge is 2.32. The predicted molar refractivity (Wildman–Crippen MR) is 165 cm³/mol. The Morgan fingerprint density at radius 2 is 1.87 bits per heavy atom. The standard InChI is InChI=1S/C32H30ClN5O7/c1-4-43-31(40)29-19(2)36-32(41)37-30(29)20-9-11-26(27(14-20)42-3)45-18-28(39)38-35-16-23-13-24(33)10-12-25(23)44-17-22-8-6-5-7-21(22)15-34/h5-14,16,30H,4,17-18H2,1-3H3,(H,38,39)(H2,36,37,41)/b35-16+/t30-/m0/s1. The monoisotopic (exact) mass is 631 g/mol. The van der Waals surface area contributed by atoms with Crippen LogP contribution in [0.3, 0.4) is 0 Å². The lowest BCUT2D eigenvalue weighted by Crippen LogP contribution is -2.45. The van der Waals surface area contributed by atoms with Crippen molar-refractivity contribution >= 4 is 35.7 Å². The molecule has 0 unspecified atom stereocenters. The number of rotatable bonds is 12. The van der Waals surface area contributed by atoms with Crippen LogP contribution in [0.25, 0.3) is 0 Å². The summed E-state index contributed by atoms with van der Waals surface area (Å²) in [6.45, 7) is 3.23. The number of carbonyl (C=O) groups is 3. The van der Waals surface area contributed by atoms with Gasteiger partial charge in [0.1, 0.15) is 12.4 Å². The van der Waals surface area contributed by atoms with Gasteiger partial charge in [-0.2, -0.15) is 10.4 Å². The van der Waals surface area contributed by atoms with Crippen LogP contribution >= 0.6 is 11.6 Å². The maximum atomic E-state index is 12.6. The van der Waals surface area contributed by atoms with E-state index < -0.39 is 30.6 Å². The minimum atomic E-state index is -0.792. The van der Waals surface area contributed by atoms with Gasteiger partial charge in [-0.1, -0.05) is 35.9 Å². The van der Waals surface area contributed by atoms with E-state index in [1.807, 2.05) is 6.07 Å². The number of hydrazone groups is 1. The molecule has 3 amide bonds. The van der Waals surface area contributed by atoms with Crippen molar-refractivity contribution in [3.8, 4) is 23.3 Å². The molecule has 1 heterocycles. The van der Waals surface area contributed by atoms with Gasteiger partial charge in [-0.25, -0.2) is 15.0 Å². The van der Waals surface area contributed by atoms with E-state index in [-0.39, 0.29) is 30.3 Å². The van der Waals surface area contributed by atoms with Crippen molar-refractivity contribution < 1.29 is 33.3 Å². The third kappa shape index (κ3) is 8.31. The zero-order valence-electron chi connectivity index (χ0n) is 24.7. The molecular formula is C32H30ClN5O7. The average molecular weight is 632 g/mol. The van der Waals surface area contributed by atoms with E-state index in [2.05, 4.69) is 27.2 Å². The van der Waals surface area contributed by atoms with E-state index in [9.17, 15) is 19.6 Å². The van der Waals surface area contributed by atoms with Crippen molar-refractivity contribution in [1.29, 1.82) is 5.26 Å². The second kappa shape index (κ2) is 15.3. The summed E-state index contributed by atoms with van der Waals surface area (Å²) >= 11 is 6.15. The van der Waals surface area contributed by atoms with Crippen molar-refractivity contribution in [3.05, 3.63) is 99.2 Å². The molecule has 12 nitrogen and oxygen atoms in total. The van der Waals surface area contributed by atoms with Crippen molar-refractivity contribution in [2.24, 2.45) is 5.10 Å². The van der Waals surface area contributed by atoms with Crippen LogP contribution in [-0.4, -0.2) is 44.4 Å². The van der Waals surface area contributed by atoms with Gasteiger partial charge in [0.05, 0.1) is 43.2 Å². The number of methoxy groups -OCH3 is 1. The number of ether oxygens (including phenoxy) is 4. The summed E-state index contributed by atoms with van der Waals surface area (Å²) in [5.74, 6) is -0.144. The fourth-order valence-corrected chi connectivity index (χ4v) is 4.60. The number of amides is 3. The highest BCUT2D eigenvalue weighted by Crippen LogP contribution is 2.34. The summed E-state index contributed by atoms with van der Waals surface area (Å²) in [6, 6.07) is 17.7. The van der Waals surface area contributed by atoms with Crippen LogP contribution in [0.4, 0.5) is 4.79 Å². The Labute approximate surface area is 264 Å². The van der Waals surface area contributed by atoms with E-state index in [4.69, 9.17) is 30.5 Å². The lowest BCUT2D eigenvalue weighted by atomic mass is 9.95. The first-order chi connectivity index (χ1) is 21.7. The molecule has 0 aliphatic carbocycles. The highest BCUT2D eigenvalue weighted by atomic mass is 35.5. The number of hydrogen-bond donors (Lipinski definition) is 3. The van der Waals surface area contributed by atoms with Crippen LogP contribution in [0.15, 0.2) is 77.0 Å². The Bertz CT molecular complexity index is 1700. The van der Waals surface area contributed by atoms with Crippen molar-refractivity contribution in [2.45, 2.75) is 26.5 Å². The molecule has 0 fully saturated rings. The molecule has 1 atom stereocenters. The Kier molecular flexibility index (Phi) is 11.0. The van der Waals surface area contributed by atoms with Gasteiger partial charge < -0.3 is 29.6 Å². The van der Waals surface area contributed by atoms with Crippen molar-refractivity contribution in [1.82, 2.24) is 16.1 Å². The second-order valence-electron chi connectivity index (χ2n) is 9.52. The smallest absolute Gasteiger partial charge is 0.338 e. The molecule has 3 N–H and O–H groups in total. The van der Waals surface area contributed by atoms with Crippen LogP contribution in [0.2, 0.25) is 5.02 Å². The summed E-state index contributed by atoms with van der Waals surface area (Å²) < 4.78 is 22.2. The van der Waals surface area contributed by atoms with Crippen LogP contribution in [0.1, 0.15) is 42.1 Å². The van der Waals surface area contributed by atoms with Crippen LogP contribution in [0, 0.1) is 11.3 Å².